The molecule has 3 N–H and O–H groups in total. The van der Waals surface area contributed by atoms with Crippen LogP contribution in [0.2, 0.25) is 0 Å². The number of aliphatic hydroxyl groups excluding tert-OH is 1. The van der Waals surface area contributed by atoms with Crippen molar-refractivity contribution in [2.75, 3.05) is 17.2 Å². The third-order valence-corrected chi connectivity index (χ3v) is 5.01. The Morgan fingerprint density at radius 3 is 2.75 bits per heavy atom. The van der Waals surface area contributed by atoms with E-state index in [1.807, 2.05) is 0 Å². The second kappa shape index (κ2) is 9.73. The van der Waals surface area contributed by atoms with Gasteiger partial charge in [-0.1, -0.05) is 6.92 Å². The fourth-order valence-electron chi connectivity index (χ4n) is 3.23. The number of hydrogen-bond donors (Lipinski definition) is 3. The molecule has 1 atom stereocenters. The zero-order valence-electron chi connectivity index (χ0n) is 16.0. The van der Waals surface area contributed by atoms with Crippen LogP contribution in [0.15, 0.2) is 24.5 Å². The van der Waals surface area contributed by atoms with Crippen molar-refractivity contribution in [1.29, 1.82) is 0 Å². The van der Waals surface area contributed by atoms with E-state index in [-0.39, 0.29) is 18.7 Å². The predicted molar refractivity (Wildman–Crippen MR) is 106 cm³/mol. The first kappa shape index (κ1) is 20.4. The van der Waals surface area contributed by atoms with Gasteiger partial charge in [-0.15, -0.1) is 0 Å². The van der Waals surface area contributed by atoms with E-state index >= 15 is 0 Å². The van der Waals surface area contributed by atoms with E-state index < -0.39 is 12.8 Å². The SMILES string of the molecule is CC[C@H](F)CNc1ncc(-c2cc(CF)ccn2)c(N[C@H]2CC[C@H](O)CC2)n1. The Balaban J connectivity index is 1.86. The van der Waals surface area contributed by atoms with Crippen molar-refractivity contribution in [3.05, 3.63) is 30.1 Å². The molecule has 0 saturated heterocycles. The highest BCUT2D eigenvalue weighted by atomic mass is 19.1. The average Bonchev–Trinajstić information content (AvgIpc) is 2.73. The average molecular weight is 391 g/mol. The van der Waals surface area contributed by atoms with Gasteiger partial charge in [0.2, 0.25) is 5.95 Å². The summed E-state index contributed by atoms with van der Waals surface area (Å²) >= 11 is 0. The van der Waals surface area contributed by atoms with Crippen LogP contribution >= 0.6 is 0 Å². The minimum atomic E-state index is -0.970. The van der Waals surface area contributed by atoms with Crippen molar-refractivity contribution in [3.63, 3.8) is 0 Å². The minimum Gasteiger partial charge on any atom is -0.393 e. The molecule has 1 aliphatic carbocycles. The second-order valence-corrected chi connectivity index (χ2v) is 7.18. The number of anilines is 2. The van der Waals surface area contributed by atoms with E-state index in [2.05, 4.69) is 25.6 Å². The summed E-state index contributed by atoms with van der Waals surface area (Å²) in [5.41, 5.74) is 1.78. The van der Waals surface area contributed by atoms with Gasteiger partial charge in [-0.05, 0) is 49.8 Å². The molecule has 2 heterocycles. The van der Waals surface area contributed by atoms with Gasteiger partial charge in [0.1, 0.15) is 18.7 Å². The number of aromatic nitrogens is 3. The van der Waals surface area contributed by atoms with Crippen molar-refractivity contribution >= 4 is 11.8 Å². The smallest absolute Gasteiger partial charge is 0.224 e. The highest BCUT2D eigenvalue weighted by Crippen LogP contribution is 2.29. The first-order valence-electron chi connectivity index (χ1n) is 9.79. The molecule has 0 bridgehead atoms. The Morgan fingerprint density at radius 2 is 2.04 bits per heavy atom. The number of halogens is 2. The van der Waals surface area contributed by atoms with Gasteiger partial charge in [0.05, 0.1) is 17.4 Å². The fraction of sp³-hybridized carbons (Fsp3) is 0.550. The van der Waals surface area contributed by atoms with Crippen LogP contribution < -0.4 is 10.6 Å². The molecule has 0 amide bonds. The molecule has 6 nitrogen and oxygen atoms in total. The van der Waals surface area contributed by atoms with Gasteiger partial charge in [0.15, 0.2) is 0 Å². The zero-order chi connectivity index (χ0) is 19.9. The maximum atomic E-state index is 13.6. The van der Waals surface area contributed by atoms with Crippen LogP contribution in [0.5, 0.6) is 0 Å². The maximum Gasteiger partial charge on any atom is 0.224 e. The van der Waals surface area contributed by atoms with Gasteiger partial charge >= 0.3 is 0 Å². The number of nitrogens with zero attached hydrogens (tertiary/aromatic N) is 3. The number of aliphatic hydroxyl groups is 1. The lowest BCUT2D eigenvalue weighted by Crippen LogP contribution is -2.29. The molecule has 2 aromatic heterocycles. The Labute approximate surface area is 163 Å². The Morgan fingerprint density at radius 1 is 1.25 bits per heavy atom. The molecule has 0 unspecified atom stereocenters. The molecule has 0 spiro atoms. The van der Waals surface area contributed by atoms with E-state index in [1.54, 1.807) is 31.5 Å². The van der Waals surface area contributed by atoms with E-state index in [0.29, 0.717) is 35.0 Å². The highest BCUT2D eigenvalue weighted by molar-refractivity contribution is 5.73. The molecule has 1 saturated carbocycles. The number of nitrogens with one attached hydrogen (secondary N) is 2. The van der Waals surface area contributed by atoms with E-state index in [4.69, 9.17) is 0 Å². The van der Waals surface area contributed by atoms with Crippen molar-refractivity contribution in [1.82, 2.24) is 15.0 Å². The molecular formula is C20H27F2N5O. The largest absolute Gasteiger partial charge is 0.393 e. The normalized spacial score (nSPS) is 20.6. The van der Waals surface area contributed by atoms with Crippen LogP contribution in [0.25, 0.3) is 11.3 Å². The molecule has 0 aromatic carbocycles. The van der Waals surface area contributed by atoms with Crippen LogP contribution in [-0.4, -0.2) is 44.9 Å². The van der Waals surface area contributed by atoms with Gasteiger partial charge in [-0.3, -0.25) is 4.98 Å². The number of hydrogen-bond acceptors (Lipinski definition) is 6. The van der Waals surface area contributed by atoms with Crippen molar-refractivity contribution in [2.45, 2.75) is 64.0 Å². The summed E-state index contributed by atoms with van der Waals surface area (Å²) in [7, 11) is 0. The molecule has 0 aliphatic heterocycles. The van der Waals surface area contributed by atoms with Gasteiger partial charge in [-0.2, -0.15) is 4.98 Å². The Kier molecular flexibility index (Phi) is 7.08. The third kappa shape index (κ3) is 5.34. The van der Waals surface area contributed by atoms with E-state index in [9.17, 15) is 13.9 Å². The first-order valence-corrected chi connectivity index (χ1v) is 9.79. The molecule has 0 radical (unpaired) electrons. The van der Waals surface area contributed by atoms with Crippen LogP contribution in [0, 0.1) is 0 Å². The van der Waals surface area contributed by atoms with Gasteiger partial charge in [-0.25, -0.2) is 13.8 Å². The fourth-order valence-corrected chi connectivity index (χ4v) is 3.23. The molecule has 3 rings (SSSR count). The van der Waals surface area contributed by atoms with Crippen molar-refractivity contribution < 1.29 is 13.9 Å². The van der Waals surface area contributed by atoms with Crippen LogP contribution in [-0.2, 0) is 6.67 Å². The highest BCUT2D eigenvalue weighted by Gasteiger charge is 2.21. The summed E-state index contributed by atoms with van der Waals surface area (Å²) in [5.74, 6) is 0.911. The van der Waals surface area contributed by atoms with Crippen molar-refractivity contribution in [2.24, 2.45) is 0 Å². The Bertz CT molecular complexity index is 768. The number of rotatable bonds is 8. The lowest BCUT2D eigenvalue weighted by molar-refractivity contribution is 0.126. The van der Waals surface area contributed by atoms with Gasteiger partial charge in [0, 0.05) is 25.0 Å². The molecule has 1 fully saturated rings. The topological polar surface area (TPSA) is 83.0 Å². The third-order valence-electron chi connectivity index (χ3n) is 5.01. The van der Waals surface area contributed by atoms with Crippen molar-refractivity contribution in [3.8, 4) is 11.3 Å². The molecule has 2 aromatic rings. The summed E-state index contributed by atoms with van der Waals surface area (Å²) in [4.78, 5) is 13.1. The van der Waals surface area contributed by atoms with Crippen LogP contribution in [0.1, 0.15) is 44.6 Å². The van der Waals surface area contributed by atoms with E-state index in [0.717, 1.165) is 25.7 Å². The second-order valence-electron chi connectivity index (χ2n) is 7.18. The maximum absolute atomic E-state index is 13.6. The number of pyridine rings is 1. The molecule has 28 heavy (non-hydrogen) atoms. The van der Waals surface area contributed by atoms with Crippen LogP contribution in [0.4, 0.5) is 20.5 Å². The minimum absolute atomic E-state index is 0.139. The monoisotopic (exact) mass is 391 g/mol. The van der Waals surface area contributed by atoms with Crippen LogP contribution in [0.3, 0.4) is 0 Å². The zero-order valence-corrected chi connectivity index (χ0v) is 16.0. The summed E-state index contributed by atoms with van der Waals surface area (Å²) < 4.78 is 26.6. The summed E-state index contributed by atoms with van der Waals surface area (Å²) in [6, 6.07) is 3.47. The van der Waals surface area contributed by atoms with E-state index in [1.165, 1.54) is 0 Å². The number of alkyl halides is 2. The Hall–Kier alpha value is -2.35. The molecule has 152 valence electrons. The lowest BCUT2D eigenvalue weighted by Gasteiger charge is -2.27. The standard InChI is InChI=1S/C20H27F2N5O/c1-2-14(22)11-24-20-25-12-17(18-9-13(10-21)7-8-23-18)19(27-20)26-15-3-5-16(28)6-4-15/h7-9,12,14-16,28H,2-6,10-11H2,1H3,(H2,24,25,26,27)/t14-,15-,16-/m0/s1. The summed E-state index contributed by atoms with van der Waals surface area (Å²) in [5, 5.41) is 16.1. The quantitative estimate of drug-likeness (QED) is 0.633. The van der Waals surface area contributed by atoms with Gasteiger partial charge < -0.3 is 15.7 Å². The lowest BCUT2D eigenvalue weighted by atomic mass is 9.93. The predicted octanol–water partition coefficient (Wildman–Crippen LogP) is 3.88. The first-order chi connectivity index (χ1) is 13.6. The van der Waals surface area contributed by atoms with Gasteiger partial charge in [0.25, 0.3) is 0 Å². The molecular weight excluding hydrogens is 364 g/mol. The molecule has 1 aliphatic rings. The molecule has 8 heteroatoms. The summed E-state index contributed by atoms with van der Waals surface area (Å²) in [6.07, 6.45) is 5.51. The summed E-state index contributed by atoms with van der Waals surface area (Å²) in [6.45, 7) is 1.35.